The SMILES string of the molecule is CCCn1c(Cl)c(C#N)c2ccc(C)c(C)c21. The van der Waals surface area contributed by atoms with Gasteiger partial charge in [-0.1, -0.05) is 30.7 Å². The lowest BCUT2D eigenvalue weighted by molar-refractivity contribution is 0.702. The molecule has 0 radical (unpaired) electrons. The summed E-state index contributed by atoms with van der Waals surface area (Å²) in [4.78, 5) is 0. The van der Waals surface area contributed by atoms with Crippen molar-refractivity contribution in [1.82, 2.24) is 4.57 Å². The molecule has 2 rings (SSSR count). The molecule has 17 heavy (non-hydrogen) atoms. The first-order valence-corrected chi connectivity index (χ1v) is 6.17. The van der Waals surface area contributed by atoms with Gasteiger partial charge >= 0.3 is 0 Å². The van der Waals surface area contributed by atoms with E-state index < -0.39 is 0 Å². The Morgan fingerprint density at radius 2 is 2.06 bits per heavy atom. The molecule has 0 saturated heterocycles. The third-order valence-electron chi connectivity index (χ3n) is 3.24. The molecule has 0 saturated carbocycles. The Morgan fingerprint density at radius 1 is 1.35 bits per heavy atom. The average Bonchev–Trinajstić information content (AvgIpc) is 2.58. The fourth-order valence-electron chi connectivity index (χ4n) is 2.23. The predicted octanol–water partition coefficient (Wildman–Crippen LogP) is 4.19. The van der Waals surface area contributed by atoms with Crippen LogP contribution in [0.2, 0.25) is 5.15 Å². The van der Waals surface area contributed by atoms with E-state index >= 15 is 0 Å². The van der Waals surface area contributed by atoms with Gasteiger partial charge in [-0.3, -0.25) is 0 Å². The second kappa shape index (κ2) is 4.43. The van der Waals surface area contributed by atoms with Crippen LogP contribution in [0.3, 0.4) is 0 Å². The third kappa shape index (κ3) is 1.71. The van der Waals surface area contributed by atoms with Gasteiger partial charge in [0.25, 0.3) is 0 Å². The lowest BCUT2D eigenvalue weighted by atomic mass is 10.1. The zero-order valence-electron chi connectivity index (χ0n) is 10.3. The zero-order valence-corrected chi connectivity index (χ0v) is 11.1. The molecule has 88 valence electrons. The van der Waals surface area contributed by atoms with Crippen LogP contribution in [0.4, 0.5) is 0 Å². The number of rotatable bonds is 2. The number of aromatic nitrogens is 1. The highest BCUT2D eigenvalue weighted by atomic mass is 35.5. The lowest BCUT2D eigenvalue weighted by Crippen LogP contribution is -1.98. The molecule has 0 amide bonds. The molecule has 1 heterocycles. The maximum absolute atomic E-state index is 9.21. The number of benzene rings is 1. The zero-order chi connectivity index (χ0) is 12.6. The molecule has 2 aromatic rings. The van der Waals surface area contributed by atoms with Gasteiger partial charge in [-0.25, -0.2) is 0 Å². The van der Waals surface area contributed by atoms with Crippen LogP contribution in [-0.2, 0) is 6.54 Å². The minimum Gasteiger partial charge on any atom is -0.330 e. The molecule has 3 heteroatoms. The number of nitrogens with zero attached hydrogens (tertiary/aromatic N) is 2. The molecule has 0 N–H and O–H groups in total. The van der Waals surface area contributed by atoms with E-state index in [4.69, 9.17) is 11.6 Å². The largest absolute Gasteiger partial charge is 0.330 e. The van der Waals surface area contributed by atoms with E-state index in [1.807, 2.05) is 12.1 Å². The molecule has 0 aliphatic carbocycles. The van der Waals surface area contributed by atoms with Gasteiger partial charge in [0.15, 0.2) is 0 Å². The molecule has 0 atom stereocenters. The summed E-state index contributed by atoms with van der Waals surface area (Å²) in [6, 6.07) is 6.25. The Balaban J connectivity index is 2.92. The first kappa shape index (κ1) is 12.0. The molecule has 1 aromatic carbocycles. The van der Waals surface area contributed by atoms with Crippen LogP contribution in [0, 0.1) is 25.2 Å². The van der Waals surface area contributed by atoms with Crippen molar-refractivity contribution in [2.24, 2.45) is 0 Å². The third-order valence-corrected chi connectivity index (χ3v) is 3.64. The number of hydrogen-bond donors (Lipinski definition) is 0. The molecule has 0 unspecified atom stereocenters. The molecule has 0 aliphatic heterocycles. The summed E-state index contributed by atoms with van der Waals surface area (Å²) >= 11 is 6.30. The van der Waals surface area contributed by atoms with Gasteiger partial charge in [0.05, 0.1) is 11.1 Å². The Bertz CT molecular complexity index is 617. The quantitative estimate of drug-likeness (QED) is 0.781. The Hall–Kier alpha value is -1.46. The Labute approximate surface area is 106 Å². The van der Waals surface area contributed by atoms with E-state index in [1.54, 1.807) is 0 Å². The minimum atomic E-state index is 0.568. The van der Waals surface area contributed by atoms with Crippen LogP contribution >= 0.6 is 11.6 Å². The van der Waals surface area contributed by atoms with Crippen LogP contribution in [0.1, 0.15) is 30.0 Å². The van der Waals surface area contributed by atoms with E-state index in [1.165, 1.54) is 11.1 Å². The van der Waals surface area contributed by atoms with Gasteiger partial charge in [-0.05, 0) is 31.4 Å². The topological polar surface area (TPSA) is 28.7 Å². The molecule has 0 fully saturated rings. The van der Waals surface area contributed by atoms with Crippen LogP contribution < -0.4 is 0 Å². The highest BCUT2D eigenvalue weighted by Gasteiger charge is 2.17. The fourth-order valence-corrected chi connectivity index (χ4v) is 2.55. The minimum absolute atomic E-state index is 0.568. The van der Waals surface area contributed by atoms with Gasteiger partial charge in [-0.15, -0.1) is 0 Å². The maximum Gasteiger partial charge on any atom is 0.128 e. The van der Waals surface area contributed by atoms with Gasteiger partial charge in [0, 0.05) is 11.9 Å². The van der Waals surface area contributed by atoms with Crippen LogP contribution in [0.15, 0.2) is 12.1 Å². The van der Waals surface area contributed by atoms with Gasteiger partial charge in [-0.2, -0.15) is 5.26 Å². The van der Waals surface area contributed by atoms with Gasteiger partial charge in [0.1, 0.15) is 11.2 Å². The van der Waals surface area contributed by atoms with Crippen LogP contribution in [0.25, 0.3) is 10.9 Å². The van der Waals surface area contributed by atoms with Crippen molar-refractivity contribution in [3.8, 4) is 6.07 Å². The molecule has 1 aromatic heterocycles. The summed E-state index contributed by atoms with van der Waals surface area (Å²) in [6.07, 6.45) is 1.00. The summed E-state index contributed by atoms with van der Waals surface area (Å²) in [5, 5.41) is 10.7. The van der Waals surface area contributed by atoms with E-state index in [9.17, 15) is 5.26 Å². The Kier molecular flexibility index (Phi) is 3.13. The van der Waals surface area contributed by atoms with Gasteiger partial charge in [0.2, 0.25) is 0 Å². The number of fused-ring (bicyclic) bond motifs is 1. The van der Waals surface area contributed by atoms with E-state index in [0.29, 0.717) is 10.7 Å². The summed E-state index contributed by atoms with van der Waals surface area (Å²) in [7, 11) is 0. The standard InChI is InChI=1S/C14H15ClN2/c1-4-7-17-13-10(3)9(2)5-6-11(13)12(8-16)14(17)15/h5-6H,4,7H2,1-3H3. The molecule has 0 spiro atoms. The molecule has 2 nitrogen and oxygen atoms in total. The number of halogens is 1. The van der Waals surface area contributed by atoms with Gasteiger partial charge < -0.3 is 4.57 Å². The smallest absolute Gasteiger partial charge is 0.128 e. The van der Waals surface area contributed by atoms with Crippen molar-refractivity contribution in [1.29, 1.82) is 5.26 Å². The second-order valence-corrected chi connectivity index (χ2v) is 4.69. The fraction of sp³-hybridized carbons (Fsp3) is 0.357. The van der Waals surface area contributed by atoms with Crippen LogP contribution in [0.5, 0.6) is 0 Å². The molecule has 0 aliphatic rings. The normalized spacial score (nSPS) is 10.8. The van der Waals surface area contributed by atoms with E-state index in [-0.39, 0.29) is 0 Å². The monoisotopic (exact) mass is 246 g/mol. The summed E-state index contributed by atoms with van der Waals surface area (Å²) < 4.78 is 2.05. The molecule has 0 bridgehead atoms. The highest BCUT2D eigenvalue weighted by molar-refractivity contribution is 6.32. The van der Waals surface area contributed by atoms with Crippen molar-refractivity contribution in [2.75, 3.05) is 0 Å². The lowest BCUT2D eigenvalue weighted by Gasteiger charge is -2.08. The highest BCUT2D eigenvalue weighted by Crippen LogP contribution is 2.32. The number of aryl methyl sites for hydroxylation is 3. The number of nitriles is 1. The van der Waals surface area contributed by atoms with Crippen molar-refractivity contribution in [2.45, 2.75) is 33.7 Å². The number of hydrogen-bond acceptors (Lipinski definition) is 1. The van der Waals surface area contributed by atoms with Crippen LogP contribution in [-0.4, -0.2) is 4.57 Å². The second-order valence-electron chi connectivity index (χ2n) is 4.33. The van der Waals surface area contributed by atoms with Crippen molar-refractivity contribution >= 4 is 22.5 Å². The summed E-state index contributed by atoms with van der Waals surface area (Å²) in [5.41, 5.74) is 4.14. The van der Waals surface area contributed by atoms with Crippen molar-refractivity contribution < 1.29 is 0 Å². The van der Waals surface area contributed by atoms with E-state index in [0.717, 1.165) is 23.9 Å². The van der Waals surface area contributed by atoms with Crippen molar-refractivity contribution in [3.05, 3.63) is 34.0 Å². The summed E-state index contributed by atoms with van der Waals surface area (Å²) in [5.74, 6) is 0. The first-order chi connectivity index (χ1) is 8.11. The van der Waals surface area contributed by atoms with Crippen molar-refractivity contribution in [3.63, 3.8) is 0 Å². The molecular weight excluding hydrogens is 232 g/mol. The summed E-state index contributed by atoms with van der Waals surface area (Å²) in [6.45, 7) is 7.12. The van der Waals surface area contributed by atoms with E-state index in [2.05, 4.69) is 31.4 Å². The Morgan fingerprint density at radius 3 is 2.65 bits per heavy atom. The maximum atomic E-state index is 9.21. The first-order valence-electron chi connectivity index (χ1n) is 5.79. The predicted molar refractivity (Wildman–Crippen MR) is 71.4 cm³/mol. The molecular formula is C14H15ClN2. The average molecular weight is 247 g/mol.